The van der Waals surface area contributed by atoms with E-state index in [9.17, 15) is 9.59 Å². The van der Waals surface area contributed by atoms with E-state index in [1.165, 1.54) is 0 Å². The maximum absolute atomic E-state index is 12.3. The van der Waals surface area contributed by atoms with Gasteiger partial charge in [-0.25, -0.2) is 0 Å². The summed E-state index contributed by atoms with van der Waals surface area (Å²) in [6.07, 6.45) is 0. The molecule has 0 aliphatic rings. The SMILES string of the molecule is CCN(CC)C(=O)Cn1c(SCC(=O)O)nnc1C(C)C. The average molecular weight is 314 g/mol. The van der Waals surface area contributed by atoms with Crippen LogP contribution in [0.4, 0.5) is 0 Å². The number of thioether (sulfide) groups is 1. The molecule has 0 aromatic carbocycles. The second kappa shape index (κ2) is 8.02. The molecule has 0 aliphatic carbocycles. The van der Waals surface area contributed by atoms with Crippen LogP contribution in [0.3, 0.4) is 0 Å². The Morgan fingerprint density at radius 2 is 1.90 bits per heavy atom. The van der Waals surface area contributed by atoms with Crippen molar-refractivity contribution in [2.45, 2.75) is 45.3 Å². The molecule has 8 heteroatoms. The van der Waals surface area contributed by atoms with Crippen LogP contribution in [0.15, 0.2) is 5.16 Å². The molecular formula is C13H22N4O3S. The molecule has 0 atom stereocenters. The summed E-state index contributed by atoms with van der Waals surface area (Å²) < 4.78 is 1.72. The second-order valence-corrected chi connectivity index (χ2v) is 5.77. The molecule has 0 saturated heterocycles. The van der Waals surface area contributed by atoms with Gasteiger partial charge in [-0.05, 0) is 13.8 Å². The maximum Gasteiger partial charge on any atom is 0.313 e. The molecule has 21 heavy (non-hydrogen) atoms. The molecule has 1 N–H and O–H groups in total. The Bertz CT molecular complexity index is 498. The molecule has 0 fully saturated rings. The third-order valence-electron chi connectivity index (χ3n) is 3.00. The van der Waals surface area contributed by atoms with Gasteiger partial charge in [-0.3, -0.25) is 14.2 Å². The summed E-state index contributed by atoms with van der Waals surface area (Å²) in [5, 5.41) is 17.3. The Morgan fingerprint density at radius 1 is 1.29 bits per heavy atom. The first-order valence-corrected chi connectivity index (χ1v) is 7.94. The van der Waals surface area contributed by atoms with Crippen LogP contribution >= 0.6 is 11.8 Å². The largest absolute Gasteiger partial charge is 0.481 e. The number of nitrogens with zero attached hydrogens (tertiary/aromatic N) is 4. The third-order valence-corrected chi connectivity index (χ3v) is 3.95. The lowest BCUT2D eigenvalue weighted by Crippen LogP contribution is -2.34. The van der Waals surface area contributed by atoms with E-state index in [4.69, 9.17) is 5.11 Å². The zero-order chi connectivity index (χ0) is 16.0. The minimum atomic E-state index is -0.921. The number of likely N-dealkylation sites (N-methyl/N-ethyl adjacent to an activating group) is 1. The van der Waals surface area contributed by atoms with Crippen molar-refractivity contribution < 1.29 is 14.7 Å². The number of amides is 1. The van der Waals surface area contributed by atoms with Gasteiger partial charge in [0.2, 0.25) is 5.91 Å². The molecule has 0 unspecified atom stereocenters. The fourth-order valence-corrected chi connectivity index (χ4v) is 2.59. The molecule has 0 saturated carbocycles. The molecule has 7 nitrogen and oxygen atoms in total. The number of carboxylic acids is 1. The minimum Gasteiger partial charge on any atom is -0.481 e. The van der Waals surface area contributed by atoms with Gasteiger partial charge in [-0.2, -0.15) is 0 Å². The summed E-state index contributed by atoms with van der Waals surface area (Å²) in [4.78, 5) is 24.7. The predicted molar refractivity (Wildman–Crippen MR) is 80.4 cm³/mol. The predicted octanol–water partition coefficient (Wildman–Crippen LogP) is 1.45. The Labute approximate surface area is 128 Å². The van der Waals surface area contributed by atoms with Crippen molar-refractivity contribution in [3.63, 3.8) is 0 Å². The van der Waals surface area contributed by atoms with Gasteiger partial charge >= 0.3 is 5.97 Å². The van der Waals surface area contributed by atoms with Crippen molar-refractivity contribution in [3.8, 4) is 0 Å². The lowest BCUT2D eigenvalue weighted by atomic mass is 10.2. The number of carbonyl (C=O) groups is 2. The highest BCUT2D eigenvalue weighted by atomic mass is 32.2. The van der Waals surface area contributed by atoms with E-state index in [0.717, 1.165) is 11.8 Å². The standard InChI is InChI=1S/C13H22N4O3S/c1-5-16(6-2)10(18)7-17-12(9(3)4)14-15-13(17)21-8-11(19)20/h9H,5-8H2,1-4H3,(H,19,20). The molecule has 0 spiro atoms. The van der Waals surface area contributed by atoms with Gasteiger partial charge in [-0.1, -0.05) is 25.6 Å². The normalized spacial score (nSPS) is 10.9. The fourth-order valence-electron chi connectivity index (χ4n) is 1.92. The van der Waals surface area contributed by atoms with Crippen LogP contribution in [0, 0.1) is 0 Å². The van der Waals surface area contributed by atoms with Crippen LogP contribution in [-0.4, -0.2) is 55.5 Å². The Morgan fingerprint density at radius 3 is 2.38 bits per heavy atom. The van der Waals surface area contributed by atoms with E-state index in [-0.39, 0.29) is 24.1 Å². The quantitative estimate of drug-likeness (QED) is 0.731. The van der Waals surface area contributed by atoms with Crippen LogP contribution in [-0.2, 0) is 16.1 Å². The molecule has 1 aromatic heterocycles. The number of hydrogen-bond donors (Lipinski definition) is 1. The number of rotatable bonds is 8. The summed E-state index contributed by atoms with van der Waals surface area (Å²) in [6, 6.07) is 0. The maximum atomic E-state index is 12.3. The third kappa shape index (κ3) is 4.73. The first-order chi connectivity index (χ1) is 9.90. The minimum absolute atomic E-state index is 0.0149. The second-order valence-electron chi connectivity index (χ2n) is 4.83. The lowest BCUT2D eigenvalue weighted by molar-refractivity contribution is -0.134. The molecule has 118 valence electrons. The average Bonchev–Trinajstić information content (AvgIpc) is 2.80. The van der Waals surface area contributed by atoms with E-state index in [1.54, 1.807) is 9.47 Å². The molecule has 1 aromatic rings. The number of carboxylic acid groups (broad SMARTS) is 1. The number of aromatic nitrogens is 3. The van der Waals surface area contributed by atoms with Crippen LogP contribution in [0.1, 0.15) is 39.4 Å². The summed E-state index contributed by atoms with van der Waals surface area (Å²) in [5.41, 5.74) is 0. The van der Waals surface area contributed by atoms with Crippen molar-refractivity contribution in [1.82, 2.24) is 19.7 Å². The van der Waals surface area contributed by atoms with Crippen LogP contribution < -0.4 is 0 Å². The monoisotopic (exact) mass is 314 g/mol. The topological polar surface area (TPSA) is 88.3 Å². The molecule has 1 rings (SSSR count). The highest BCUT2D eigenvalue weighted by Crippen LogP contribution is 2.21. The Balaban J connectivity index is 2.97. The van der Waals surface area contributed by atoms with Gasteiger partial charge in [0.15, 0.2) is 5.16 Å². The van der Waals surface area contributed by atoms with Crippen molar-refractivity contribution >= 4 is 23.6 Å². The van der Waals surface area contributed by atoms with Gasteiger partial charge in [0.05, 0.1) is 5.75 Å². The first kappa shape index (κ1) is 17.5. The zero-order valence-electron chi connectivity index (χ0n) is 12.9. The van der Waals surface area contributed by atoms with Gasteiger partial charge in [0, 0.05) is 19.0 Å². The van der Waals surface area contributed by atoms with Crippen molar-refractivity contribution in [1.29, 1.82) is 0 Å². The highest BCUT2D eigenvalue weighted by molar-refractivity contribution is 7.99. The number of aliphatic carboxylic acids is 1. The van der Waals surface area contributed by atoms with Crippen molar-refractivity contribution in [2.75, 3.05) is 18.8 Å². The van der Waals surface area contributed by atoms with Gasteiger partial charge in [-0.15, -0.1) is 10.2 Å². The highest BCUT2D eigenvalue weighted by Gasteiger charge is 2.20. The van der Waals surface area contributed by atoms with E-state index >= 15 is 0 Å². The van der Waals surface area contributed by atoms with Crippen LogP contribution in [0.5, 0.6) is 0 Å². The zero-order valence-corrected chi connectivity index (χ0v) is 13.7. The molecule has 0 bridgehead atoms. The number of hydrogen-bond acceptors (Lipinski definition) is 5. The van der Waals surface area contributed by atoms with Gasteiger partial charge in [0.25, 0.3) is 0 Å². The summed E-state index contributed by atoms with van der Waals surface area (Å²) >= 11 is 1.08. The summed E-state index contributed by atoms with van der Waals surface area (Å²) in [5.74, 6) is -0.227. The first-order valence-electron chi connectivity index (χ1n) is 6.96. The van der Waals surface area contributed by atoms with Crippen molar-refractivity contribution in [2.24, 2.45) is 0 Å². The van der Waals surface area contributed by atoms with Gasteiger partial charge in [0.1, 0.15) is 12.4 Å². The fraction of sp³-hybridized carbons (Fsp3) is 0.692. The molecule has 1 heterocycles. The Kier molecular flexibility index (Phi) is 6.67. The number of carbonyl (C=O) groups excluding carboxylic acids is 1. The molecule has 0 radical (unpaired) electrons. The summed E-state index contributed by atoms with van der Waals surface area (Å²) in [6.45, 7) is 9.22. The van der Waals surface area contributed by atoms with E-state index in [2.05, 4.69) is 10.2 Å². The lowest BCUT2D eigenvalue weighted by Gasteiger charge is -2.20. The van der Waals surface area contributed by atoms with E-state index in [1.807, 2.05) is 27.7 Å². The van der Waals surface area contributed by atoms with Crippen LogP contribution in [0.2, 0.25) is 0 Å². The molecule has 1 amide bonds. The summed E-state index contributed by atoms with van der Waals surface area (Å²) in [7, 11) is 0. The smallest absolute Gasteiger partial charge is 0.313 e. The van der Waals surface area contributed by atoms with E-state index in [0.29, 0.717) is 24.1 Å². The van der Waals surface area contributed by atoms with E-state index < -0.39 is 5.97 Å². The van der Waals surface area contributed by atoms with Crippen molar-refractivity contribution in [3.05, 3.63) is 5.82 Å². The Hall–Kier alpha value is -1.57. The van der Waals surface area contributed by atoms with Gasteiger partial charge < -0.3 is 10.0 Å². The molecule has 0 aliphatic heterocycles. The van der Waals surface area contributed by atoms with Crippen LogP contribution in [0.25, 0.3) is 0 Å². The molecular weight excluding hydrogens is 292 g/mol.